The average molecular weight is 379 g/mol. The first-order valence-corrected chi connectivity index (χ1v) is 12.0. The molecule has 0 atom stereocenters. The predicted molar refractivity (Wildman–Crippen MR) is 127 cm³/mol. The van der Waals surface area contributed by atoms with Crippen LogP contribution >= 0.6 is 0 Å². The van der Waals surface area contributed by atoms with Crippen molar-refractivity contribution in [1.29, 1.82) is 0 Å². The highest BCUT2D eigenvalue weighted by atomic mass is 14.0. The molecule has 0 unspecified atom stereocenters. The molecule has 0 radical (unpaired) electrons. The van der Waals surface area contributed by atoms with E-state index in [0.29, 0.717) is 0 Å². The second kappa shape index (κ2) is 15.4. The number of benzene rings is 2. The average Bonchev–Trinajstić information content (AvgIpc) is 2.73. The fourth-order valence-corrected chi connectivity index (χ4v) is 4.07. The minimum absolute atomic E-state index is 1.20. The summed E-state index contributed by atoms with van der Waals surface area (Å²) in [5.41, 5.74) is 1.51. The Morgan fingerprint density at radius 1 is 0.571 bits per heavy atom. The van der Waals surface area contributed by atoms with Gasteiger partial charge in [0.1, 0.15) is 0 Å². The number of allylic oxidation sites excluding steroid dienone is 2. The van der Waals surface area contributed by atoms with Crippen molar-refractivity contribution in [1.82, 2.24) is 0 Å². The fourth-order valence-electron chi connectivity index (χ4n) is 4.07. The standard InChI is InChI=1S/C28H42/c1-2-3-4-5-6-7-8-9-10-11-12-13-14-15-16-17-21-26-23-20-24-27-22-18-19-25-28(26)27/h13-14,18-20,22-25H,2-12,15-17,21H2,1H3/b14-13+. The lowest BCUT2D eigenvalue weighted by molar-refractivity contribution is 0.557. The van der Waals surface area contributed by atoms with Crippen LogP contribution in [0.4, 0.5) is 0 Å². The lowest BCUT2D eigenvalue weighted by Crippen LogP contribution is -1.87. The smallest absolute Gasteiger partial charge is 0.0152 e. The first-order chi connectivity index (χ1) is 13.9. The van der Waals surface area contributed by atoms with Crippen molar-refractivity contribution in [2.45, 2.75) is 103 Å². The molecule has 0 aliphatic carbocycles. The van der Waals surface area contributed by atoms with Crippen LogP contribution in [0.1, 0.15) is 102 Å². The van der Waals surface area contributed by atoms with Crippen LogP contribution in [0.5, 0.6) is 0 Å². The molecule has 0 spiro atoms. The molecule has 2 rings (SSSR count). The Labute approximate surface area is 174 Å². The predicted octanol–water partition coefficient (Wildman–Crippen LogP) is 9.42. The zero-order valence-corrected chi connectivity index (χ0v) is 18.3. The largest absolute Gasteiger partial charge is 0.0885 e. The van der Waals surface area contributed by atoms with Crippen molar-refractivity contribution >= 4 is 10.8 Å². The van der Waals surface area contributed by atoms with Gasteiger partial charge in [-0.05, 0) is 54.9 Å². The Kier molecular flexibility index (Phi) is 12.5. The molecular formula is C28H42. The molecule has 0 aliphatic heterocycles. The van der Waals surface area contributed by atoms with Gasteiger partial charge in [-0.2, -0.15) is 0 Å². The van der Waals surface area contributed by atoms with E-state index < -0.39 is 0 Å². The van der Waals surface area contributed by atoms with Crippen LogP contribution in [0, 0.1) is 0 Å². The Morgan fingerprint density at radius 3 is 1.86 bits per heavy atom. The molecule has 154 valence electrons. The molecule has 0 aliphatic rings. The zero-order chi connectivity index (χ0) is 19.7. The summed E-state index contributed by atoms with van der Waals surface area (Å²) < 4.78 is 0. The van der Waals surface area contributed by atoms with E-state index >= 15 is 0 Å². The Balaban J connectivity index is 1.42. The van der Waals surface area contributed by atoms with E-state index in [9.17, 15) is 0 Å². The number of unbranched alkanes of at least 4 members (excludes halogenated alkanes) is 12. The van der Waals surface area contributed by atoms with Gasteiger partial charge in [0, 0.05) is 0 Å². The van der Waals surface area contributed by atoms with Gasteiger partial charge in [0.15, 0.2) is 0 Å². The van der Waals surface area contributed by atoms with Crippen molar-refractivity contribution in [3.05, 3.63) is 60.2 Å². The molecular weight excluding hydrogens is 336 g/mol. The molecule has 2 aromatic rings. The third kappa shape index (κ3) is 9.58. The van der Waals surface area contributed by atoms with Crippen LogP contribution in [0.25, 0.3) is 10.8 Å². The van der Waals surface area contributed by atoms with Crippen LogP contribution in [0.2, 0.25) is 0 Å². The maximum absolute atomic E-state index is 2.42. The van der Waals surface area contributed by atoms with Crippen molar-refractivity contribution in [3.8, 4) is 0 Å². The number of fused-ring (bicyclic) bond motifs is 1. The molecule has 0 saturated heterocycles. The van der Waals surface area contributed by atoms with Gasteiger partial charge in [-0.1, -0.05) is 119 Å². The Bertz CT molecular complexity index is 647. The summed E-state index contributed by atoms with van der Waals surface area (Å²) in [7, 11) is 0. The molecule has 0 heteroatoms. The van der Waals surface area contributed by atoms with Crippen molar-refractivity contribution < 1.29 is 0 Å². The van der Waals surface area contributed by atoms with Gasteiger partial charge in [-0.15, -0.1) is 0 Å². The van der Waals surface area contributed by atoms with Gasteiger partial charge in [0.2, 0.25) is 0 Å². The quantitative estimate of drug-likeness (QED) is 0.201. The highest BCUT2D eigenvalue weighted by Gasteiger charge is 1.99. The lowest BCUT2D eigenvalue weighted by Gasteiger charge is -2.05. The Hall–Kier alpha value is -1.56. The first-order valence-electron chi connectivity index (χ1n) is 12.0. The summed E-state index contributed by atoms with van der Waals surface area (Å²) >= 11 is 0. The number of hydrogen-bond acceptors (Lipinski definition) is 0. The van der Waals surface area contributed by atoms with E-state index in [4.69, 9.17) is 0 Å². The fraction of sp³-hybridized carbons (Fsp3) is 0.571. The number of rotatable bonds is 16. The van der Waals surface area contributed by atoms with Crippen molar-refractivity contribution in [2.75, 3.05) is 0 Å². The van der Waals surface area contributed by atoms with Crippen molar-refractivity contribution in [2.24, 2.45) is 0 Å². The second-order valence-electron chi connectivity index (χ2n) is 8.33. The SMILES string of the molecule is CCCCCCCCCCCC/C=C/CCCCc1cccc2ccccc12. The summed E-state index contributed by atoms with van der Waals surface area (Å²) in [5.74, 6) is 0. The number of aryl methyl sites for hydroxylation is 1. The van der Waals surface area contributed by atoms with E-state index in [0.717, 1.165) is 0 Å². The van der Waals surface area contributed by atoms with Gasteiger partial charge < -0.3 is 0 Å². The molecule has 0 heterocycles. The maximum atomic E-state index is 2.42. The third-order valence-corrected chi connectivity index (χ3v) is 5.84. The molecule has 0 fully saturated rings. The molecule has 0 nitrogen and oxygen atoms in total. The maximum Gasteiger partial charge on any atom is -0.0152 e. The summed E-state index contributed by atoms with van der Waals surface area (Å²) in [5, 5.41) is 2.80. The molecule has 0 saturated carbocycles. The lowest BCUT2D eigenvalue weighted by atomic mass is 10.00. The van der Waals surface area contributed by atoms with Crippen LogP contribution in [0.15, 0.2) is 54.6 Å². The van der Waals surface area contributed by atoms with Crippen LogP contribution in [0.3, 0.4) is 0 Å². The molecule has 28 heavy (non-hydrogen) atoms. The highest BCUT2D eigenvalue weighted by molar-refractivity contribution is 5.85. The molecule has 0 amide bonds. The van der Waals surface area contributed by atoms with Gasteiger partial charge in [0.05, 0.1) is 0 Å². The van der Waals surface area contributed by atoms with E-state index in [1.54, 1.807) is 0 Å². The summed E-state index contributed by atoms with van der Waals surface area (Å²) in [6.45, 7) is 2.29. The van der Waals surface area contributed by atoms with Crippen LogP contribution < -0.4 is 0 Å². The van der Waals surface area contributed by atoms with Gasteiger partial charge >= 0.3 is 0 Å². The molecule has 2 aromatic carbocycles. The minimum Gasteiger partial charge on any atom is -0.0885 e. The van der Waals surface area contributed by atoms with E-state index in [2.05, 4.69) is 61.5 Å². The third-order valence-electron chi connectivity index (χ3n) is 5.84. The molecule has 0 N–H and O–H groups in total. The van der Waals surface area contributed by atoms with Gasteiger partial charge in [-0.3, -0.25) is 0 Å². The summed E-state index contributed by atoms with van der Waals surface area (Å²) in [4.78, 5) is 0. The van der Waals surface area contributed by atoms with E-state index in [1.165, 1.54) is 113 Å². The first kappa shape index (κ1) is 22.7. The zero-order valence-electron chi connectivity index (χ0n) is 18.3. The highest BCUT2D eigenvalue weighted by Crippen LogP contribution is 2.20. The minimum atomic E-state index is 1.20. The molecule has 0 aromatic heterocycles. The van der Waals surface area contributed by atoms with Crippen LogP contribution in [-0.2, 0) is 6.42 Å². The topological polar surface area (TPSA) is 0 Å². The number of hydrogen-bond donors (Lipinski definition) is 0. The summed E-state index contributed by atoms with van der Waals surface area (Å²) in [6.07, 6.45) is 25.4. The normalized spacial score (nSPS) is 11.6. The second-order valence-corrected chi connectivity index (χ2v) is 8.33. The Morgan fingerprint density at radius 2 is 1.14 bits per heavy atom. The van der Waals surface area contributed by atoms with Gasteiger partial charge in [0.25, 0.3) is 0 Å². The van der Waals surface area contributed by atoms with E-state index in [-0.39, 0.29) is 0 Å². The molecule has 0 bridgehead atoms. The van der Waals surface area contributed by atoms with Gasteiger partial charge in [-0.25, -0.2) is 0 Å². The van der Waals surface area contributed by atoms with E-state index in [1.807, 2.05) is 0 Å². The monoisotopic (exact) mass is 378 g/mol. The van der Waals surface area contributed by atoms with Crippen molar-refractivity contribution in [3.63, 3.8) is 0 Å². The summed E-state index contributed by atoms with van der Waals surface area (Å²) in [6, 6.07) is 15.5. The van der Waals surface area contributed by atoms with Crippen LogP contribution in [-0.4, -0.2) is 0 Å².